The lowest BCUT2D eigenvalue weighted by molar-refractivity contribution is -0.123. The summed E-state index contributed by atoms with van der Waals surface area (Å²) in [6.07, 6.45) is 6.27. The number of rotatable bonds is 5. The molecule has 1 saturated carbocycles. The highest BCUT2D eigenvalue weighted by Gasteiger charge is 2.23. The molecule has 4 nitrogen and oxygen atoms in total. The maximum absolute atomic E-state index is 12.1. The number of amides is 1. The predicted molar refractivity (Wildman–Crippen MR) is 84.0 cm³/mol. The molecule has 1 aliphatic rings. The second kappa shape index (κ2) is 7.46. The normalized spacial score (nSPS) is 23.5. The quantitative estimate of drug-likeness (QED) is 0.779. The standard InChI is InChI=1S/C17H26N2O2/c1-2-12-3-7-14(8-4-12)19-17(21)16(18)11-13-5-9-15(20)10-6-13/h5-6,9-10,12,14,16,20H,2-4,7-8,11,18H2,1H3,(H,19,21)/t12?,14?,16-/m0/s1. The van der Waals surface area contributed by atoms with Crippen LogP contribution < -0.4 is 11.1 Å². The summed E-state index contributed by atoms with van der Waals surface area (Å²) < 4.78 is 0. The van der Waals surface area contributed by atoms with Crippen molar-refractivity contribution in [1.29, 1.82) is 0 Å². The molecule has 0 unspecified atom stereocenters. The first-order valence-electron chi connectivity index (χ1n) is 7.92. The maximum Gasteiger partial charge on any atom is 0.237 e. The average molecular weight is 290 g/mol. The van der Waals surface area contributed by atoms with Gasteiger partial charge in [0, 0.05) is 6.04 Å². The van der Waals surface area contributed by atoms with E-state index in [4.69, 9.17) is 5.73 Å². The zero-order valence-electron chi connectivity index (χ0n) is 12.7. The van der Waals surface area contributed by atoms with Crippen molar-refractivity contribution in [2.75, 3.05) is 0 Å². The summed E-state index contributed by atoms with van der Waals surface area (Å²) in [7, 11) is 0. The summed E-state index contributed by atoms with van der Waals surface area (Å²) in [6, 6.07) is 6.59. The molecular weight excluding hydrogens is 264 g/mol. The Morgan fingerprint density at radius 3 is 2.48 bits per heavy atom. The monoisotopic (exact) mass is 290 g/mol. The number of hydrogen-bond acceptors (Lipinski definition) is 3. The van der Waals surface area contributed by atoms with Crippen molar-refractivity contribution in [3.63, 3.8) is 0 Å². The van der Waals surface area contributed by atoms with Crippen molar-refractivity contribution in [2.45, 2.75) is 57.5 Å². The van der Waals surface area contributed by atoms with Gasteiger partial charge in [0.15, 0.2) is 0 Å². The molecule has 1 amide bonds. The first-order valence-corrected chi connectivity index (χ1v) is 7.92. The fourth-order valence-electron chi connectivity index (χ4n) is 3.00. The first kappa shape index (κ1) is 15.8. The zero-order valence-corrected chi connectivity index (χ0v) is 12.7. The van der Waals surface area contributed by atoms with Crippen molar-refractivity contribution in [1.82, 2.24) is 5.32 Å². The third-order valence-corrected chi connectivity index (χ3v) is 4.50. The lowest BCUT2D eigenvalue weighted by atomic mass is 9.84. The minimum absolute atomic E-state index is 0.0666. The van der Waals surface area contributed by atoms with E-state index in [1.807, 2.05) is 0 Å². The van der Waals surface area contributed by atoms with Crippen LogP contribution in [0.1, 0.15) is 44.6 Å². The molecule has 1 atom stereocenters. The van der Waals surface area contributed by atoms with Crippen LogP contribution >= 0.6 is 0 Å². The highest BCUT2D eigenvalue weighted by Crippen LogP contribution is 2.26. The molecule has 1 aliphatic carbocycles. The zero-order chi connectivity index (χ0) is 15.2. The molecule has 0 radical (unpaired) electrons. The van der Waals surface area contributed by atoms with Gasteiger partial charge in [-0.25, -0.2) is 0 Å². The van der Waals surface area contributed by atoms with Crippen LogP contribution in [0.3, 0.4) is 0 Å². The summed E-state index contributed by atoms with van der Waals surface area (Å²) in [5.74, 6) is 0.983. The topological polar surface area (TPSA) is 75.4 Å². The van der Waals surface area contributed by atoms with Crippen LogP contribution in [0.5, 0.6) is 5.75 Å². The first-order chi connectivity index (χ1) is 10.1. The number of nitrogens with one attached hydrogen (secondary N) is 1. The maximum atomic E-state index is 12.1. The molecule has 1 aromatic carbocycles. The number of phenols is 1. The van der Waals surface area contributed by atoms with Gasteiger partial charge in [-0.15, -0.1) is 0 Å². The molecule has 21 heavy (non-hydrogen) atoms. The Kier molecular flexibility index (Phi) is 5.62. The van der Waals surface area contributed by atoms with Gasteiger partial charge in [-0.3, -0.25) is 4.79 Å². The van der Waals surface area contributed by atoms with Gasteiger partial charge in [0.2, 0.25) is 5.91 Å². The van der Waals surface area contributed by atoms with E-state index < -0.39 is 6.04 Å². The number of phenolic OH excluding ortho intramolecular Hbond substituents is 1. The molecule has 0 spiro atoms. The fraction of sp³-hybridized carbons (Fsp3) is 0.588. The highest BCUT2D eigenvalue weighted by molar-refractivity contribution is 5.82. The van der Waals surface area contributed by atoms with E-state index in [2.05, 4.69) is 12.2 Å². The van der Waals surface area contributed by atoms with Gasteiger partial charge >= 0.3 is 0 Å². The second-order valence-electron chi connectivity index (χ2n) is 6.11. The molecule has 0 saturated heterocycles. The summed E-state index contributed by atoms with van der Waals surface area (Å²) in [5.41, 5.74) is 6.95. The highest BCUT2D eigenvalue weighted by atomic mass is 16.3. The molecule has 4 N–H and O–H groups in total. The third-order valence-electron chi connectivity index (χ3n) is 4.50. The fourth-order valence-corrected chi connectivity index (χ4v) is 3.00. The molecule has 0 aliphatic heterocycles. The van der Waals surface area contributed by atoms with Crippen LogP contribution in [0.4, 0.5) is 0 Å². The number of carbonyl (C=O) groups is 1. The Morgan fingerprint density at radius 2 is 1.90 bits per heavy atom. The smallest absolute Gasteiger partial charge is 0.237 e. The largest absolute Gasteiger partial charge is 0.508 e. The Morgan fingerprint density at radius 1 is 1.29 bits per heavy atom. The van der Waals surface area contributed by atoms with E-state index in [-0.39, 0.29) is 17.7 Å². The van der Waals surface area contributed by atoms with Crippen LogP contribution in [0.2, 0.25) is 0 Å². The minimum Gasteiger partial charge on any atom is -0.508 e. The lowest BCUT2D eigenvalue weighted by Crippen LogP contribution is -2.47. The Balaban J connectivity index is 1.78. The van der Waals surface area contributed by atoms with Crippen molar-refractivity contribution >= 4 is 5.91 Å². The van der Waals surface area contributed by atoms with Crippen molar-refractivity contribution in [2.24, 2.45) is 11.7 Å². The molecular formula is C17H26N2O2. The van der Waals surface area contributed by atoms with Gasteiger partial charge in [-0.1, -0.05) is 25.5 Å². The predicted octanol–water partition coefficient (Wildman–Crippen LogP) is 2.35. The molecule has 1 aromatic rings. The minimum atomic E-state index is -0.529. The summed E-state index contributed by atoms with van der Waals surface area (Å²) >= 11 is 0. The Bertz CT molecular complexity index is 450. The van der Waals surface area contributed by atoms with E-state index in [0.717, 1.165) is 24.3 Å². The van der Waals surface area contributed by atoms with E-state index >= 15 is 0 Å². The molecule has 0 bridgehead atoms. The van der Waals surface area contributed by atoms with Gasteiger partial charge in [0.1, 0.15) is 5.75 Å². The van der Waals surface area contributed by atoms with E-state index in [0.29, 0.717) is 6.42 Å². The van der Waals surface area contributed by atoms with Crippen LogP contribution in [0.25, 0.3) is 0 Å². The van der Waals surface area contributed by atoms with Crippen LogP contribution in [0.15, 0.2) is 24.3 Å². The van der Waals surface area contributed by atoms with Gasteiger partial charge in [0.25, 0.3) is 0 Å². The molecule has 0 heterocycles. The van der Waals surface area contributed by atoms with E-state index in [1.54, 1.807) is 24.3 Å². The van der Waals surface area contributed by atoms with E-state index in [9.17, 15) is 9.90 Å². The number of benzene rings is 1. The van der Waals surface area contributed by atoms with Crippen molar-refractivity contribution in [3.8, 4) is 5.75 Å². The van der Waals surface area contributed by atoms with Crippen LogP contribution in [-0.4, -0.2) is 23.1 Å². The SMILES string of the molecule is CCC1CCC(NC(=O)[C@@H](N)Cc2ccc(O)cc2)CC1. The average Bonchev–Trinajstić information content (AvgIpc) is 2.50. The van der Waals surface area contributed by atoms with E-state index in [1.165, 1.54) is 19.3 Å². The van der Waals surface area contributed by atoms with Crippen molar-refractivity contribution in [3.05, 3.63) is 29.8 Å². The molecule has 0 aromatic heterocycles. The molecule has 1 fully saturated rings. The summed E-state index contributed by atoms with van der Waals surface area (Å²) in [4.78, 5) is 12.1. The molecule has 2 rings (SSSR count). The summed E-state index contributed by atoms with van der Waals surface area (Å²) in [5, 5.41) is 12.3. The number of hydrogen-bond donors (Lipinski definition) is 3. The molecule has 116 valence electrons. The summed E-state index contributed by atoms with van der Waals surface area (Å²) in [6.45, 7) is 2.23. The lowest BCUT2D eigenvalue weighted by Gasteiger charge is -2.29. The van der Waals surface area contributed by atoms with Crippen molar-refractivity contribution < 1.29 is 9.90 Å². The number of aromatic hydroxyl groups is 1. The third kappa shape index (κ3) is 4.74. The van der Waals surface area contributed by atoms with Gasteiger partial charge in [-0.05, 0) is 55.7 Å². The van der Waals surface area contributed by atoms with Crippen LogP contribution in [0, 0.1) is 5.92 Å². The Labute approximate surface area is 126 Å². The van der Waals surface area contributed by atoms with Gasteiger partial charge in [0.05, 0.1) is 6.04 Å². The Hall–Kier alpha value is -1.55. The second-order valence-corrected chi connectivity index (χ2v) is 6.11. The number of carbonyl (C=O) groups excluding carboxylic acids is 1. The van der Waals surface area contributed by atoms with Crippen LogP contribution in [-0.2, 0) is 11.2 Å². The van der Waals surface area contributed by atoms with Gasteiger partial charge in [-0.2, -0.15) is 0 Å². The van der Waals surface area contributed by atoms with Gasteiger partial charge < -0.3 is 16.2 Å². The molecule has 4 heteroatoms. The number of nitrogens with two attached hydrogens (primary N) is 1.